The van der Waals surface area contributed by atoms with Gasteiger partial charge >= 0.3 is 0 Å². The number of nitrogens with one attached hydrogen (secondary N) is 1. The van der Waals surface area contributed by atoms with Gasteiger partial charge in [0.05, 0.1) is 16.4 Å². The van der Waals surface area contributed by atoms with Crippen molar-refractivity contribution in [3.05, 3.63) is 64.0 Å². The van der Waals surface area contributed by atoms with E-state index in [0.717, 1.165) is 17.3 Å². The van der Waals surface area contributed by atoms with Gasteiger partial charge in [-0.15, -0.1) is 11.8 Å². The van der Waals surface area contributed by atoms with Crippen molar-refractivity contribution in [2.45, 2.75) is 11.8 Å². The fraction of sp³-hybridized carbons (Fsp3) is 0.133. The molecule has 0 saturated carbocycles. The number of carbonyl (C=O) groups is 1. The minimum Gasteiger partial charge on any atom is -0.325 e. The predicted octanol–water partition coefficient (Wildman–Crippen LogP) is 3.77. The number of non-ortho nitro benzene ring substituents is 1. The zero-order valence-corrected chi connectivity index (χ0v) is 12.5. The van der Waals surface area contributed by atoms with Crippen molar-refractivity contribution in [2.75, 3.05) is 11.1 Å². The summed E-state index contributed by atoms with van der Waals surface area (Å²) in [5, 5.41) is 13.4. The molecule has 5 nitrogen and oxygen atoms in total. The van der Waals surface area contributed by atoms with Crippen LogP contribution in [0.5, 0.6) is 0 Å². The van der Waals surface area contributed by atoms with Crippen molar-refractivity contribution in [3.8, 4) is 0 Å². The van der Waals surface area contributed by atoms with Crippen molar-refractivity contribution < 1.29 is 14.1 Å². The lowest BCUT2D eigenvalue weighted by Gasteiger charge is -2.08. The van der Waals surface area contributed by atoms with Crippen molar-refractivity contribution in [2.24, 2.45) is 0 Å². The maximum absolute atomic E-state index is 13.4. The van der Waals surface area contributed by atoms with E-state index in [1.54, 1.807) is 31.2 Å². The van der Waals surface area contributed by atoms with Gasteiger partial charge in [-0.3, -0.25) is 14.9 Å². The minimum absolute atomic E-state index is 0.0169. The Kier molecular flexibility index (Phi) is 5.11. The van der Waals surface area contributed by atoms with Crippen LogP contribution >= 0.6 is 11.8 Å². The molecule has 2 rings (SSSR count). The van der Waals surface area contributed by atoms with E-state index in [9.17, 15) is 19.3 Å². The molecule has 0 saturated heterocycles. The maximum atomic E-state index is 13.4. The van der Waals surface area contributed by atoms with E-state index >= 15 is 0 Å². The molecule has 0 spiro atoms. The predicted molar refractivity (Wildman–Crippen MR) is 83.6 cm³/mol. The summed E-state index contributed by atoms with van der Waals surface area (Å²) in [7, 11) is 0. The summed E-state index contributed by atoms with van der Waals surface area (Å²) in [5.41, 5.74) is 1.01. The normalized spacial score (nSPS) is 10.3. The van der Waals surface area contributed by atoms with Gasteiger partial charge < -0.3 is 5.32 Å². The fourth-order valence-electron chi connectivity index (χ4n) is 1.75. The van der Waals surface area contributed by atoms with Gasteiger partial charge in [-0.25, -0.2) is 4.39 Å². The molecule has 0 aliphatic heterocycles. The molecule has 0 aliphatic rings. The van der Waals surface area contributed by atoms with Gasteiger partial charge in [0.25, 0.3) is 5.69 Å². The van der Waals surface area contributed by atoms with E-state index < -0.39 is 4.92 Å². The molecule has 2 aromatic rings. The number of benzene rings is 2. The van der Waals surface area contributed by atoms with Crippen LogP contribution in [0.15, 0.2) is 47.4 Å². The number of aryl methyl sites for hydroxylation is 1. The number of hydrogen-bond acceptors (Lipinski definition) is 4. The lowest BCUT2D eigenvalue weighted by molar-refractivity contribution is -0.384. The number of halogens is 1. The van der Waals surface area contributed by atoms with Crippen LogP contribution in [-0.4, -0.2) is 16.6 Å². The molecular formula is C15H13FN2O3S. The zero-order valence-electron chi connectivity index (χ0n) is 11.7. The maximum Gasteiger partial charge on any atom is 0.271 e. The molecule has 0 fully saturated rings. The third-order valence-corrected chi connectivity index (χ3v) is 3.95. The Morgan fingerprint density at radius 1 is 1.32 bits per heavy atom. The molecule has 2 aromatic carbocycles. The number of nitrogens with zero attached hydrogens (tertiary/aromatic N) is 1. The first-order valence-electron chi connectivity index (χ1n) is 6.39. The highest BCUT2D eigenvalue weighted by Crippen LogP contribution is 2.24. The van der Waals surface area contributed by atoms with Gasteiger partial charge in [0.1, 0.15) is 5.82 Å². The molecule has 0 heterocycles. The Balaban J connectivity index is 2.02. The molecular weight excluding hydrogens is 307 g/mol. The first-order valence-corrected chi connectivity index (χ1v) is 7.38. The van der Waals surface area contributed by atoms with Gasteiger partial charge in [-0.05, 0) is 24.6 Å². The molecule has 0 unspecified atom stereocenters. The second kappa shape index (κ2) is 7.04. The SMILES string of the molecule is Cc1ccc([N+](=O)[O-])cc1NC(=O)CSc1ccccc1F. The van der Waals surface area contributed by atoms with Crippen LogP contribution in [0.25, 0.3) is 0 Å². The number of amides is 1. The van der Waals surface area contributed by atoms with E-state index in [0.29, 0.717) is 10.6 Å². The van der Waals surface area contributed by atoms with E-state index in [4.69, 9.17) is 0 Å². The van der Waals surface area contributed by atoms with Gasteiger partial charge in [-0.1, -0.05) is 18.2 Å². The van der Waals surface area contributed by atoms with Gasteiger partial charge in [0, 0.05) is 17.0 Å². The number of nitro benzene ring substituents is 1. The number of carbonyl (C=O) groups excluding carboxylic acids is 1. The number of anilines is 1. The van der Waals surface area contributed by atoms with Gasteiger partial charge in [0.15, 0.2) is 0 Å². The van der Waals surface area contributed by atoms with Crippen LogP contribution in [0.4, 0.5) is 15.8 Å². The average Bonchev–Trinajstić information content (AvgIpc) is 2.48. The van der Waals surface area contributed by atoms with Crippen LogP contribution in [0.1, 0.15) is 5.56 Å². The van der Waals surface area contributed by atoms with E-state index in [1.165, 1.54) is 18.2 Å². The summed E-state index contributed by atoms with van der Waals surface area (Å²) in [5.74, 6) is -0.716. The van der Waals surface area contributed by atoms with Crippen molar-refractivity contribution in [1.82, 2.24) is 0 Å². The summed E-state index contributed by atoms with van der Waals surface area (Å²) >= 11 is 1.07. The molecule has 0 aliphatic carbocycles. The lowest BCUT2D eigenvalue weighted by atomic mass is 10.2. The summed E-state index contributed by atoms with van der Waals surface area (Å²) in [4.78, 5) is 22.5. The second-order valence-corrected chi connectivity index (χ2v) is 5.54. The average molecular weight is 320 g/mol. The largest absolute Gasteiger partial charge is 0.325 e. The third kappa shape index (κ3) is 4.05. The summed E-state index contributed by atoms with van der Waals surface area (Å²) in [6.45, 7) is 1.74. The molecule has 22 heavy (non-hydrogen) atoms. The molecule has 1 amide bonds. The minimum atomic E-state index is -0.525. The number of hydrogen-bond donors (Lipinski definition) is 1. The van der Waals surface area contributed by atoms with Crippen molar-refractivity contribution in [3.63, 3.8) is 0 Å². The molecule has 114 valence electrons. The summed E-state index contributed by atoms with van der Waals surface area (Å²) < 4.78 is 13.4. The third-order valence-electron chi connectivity index (χ3n) is 2.90. The lowest BCUT2D eigenvalue weighted by Crippen LogP contribution is -2.15. The molecule has 0 atom stereocenters. The highest BCUT2D eigenvalue weighted by molar-refractivity contribution is 8.00. The van der Waals surface area contributed by atoms with Crippen LogP contribution in [0, 0.1) is 22.9 Å². The monoisotopic (exact) mass is 320 g/mol. The highest BCUT2D eigenvalue weighted by Gasteiger charge is 2.12. The Morgan fingerprint density at radius 2 is 2.05 bits per heavy atom. The van der Waals surface area contributed by atoms with E-state index in [2.05, 4.69) is 5.32 Å². The summed E-state index contributed by atoms with van der Waals surface area (Å²) in [6.07, 6.45) is 0. The van der Waals surface area contributed by atoms with Crippen LogP contribution < -0.4 is 5.32 Å². The number of rotatable bonds is 5. The zero-order chi connectivity index (χ0) is 16.1. The van der Waals surface area contributed by atoms with Crippen LogP contribution in [0.2, 0.25) is 0 Å². The Bertz CT molecular complexity index is 722. The van der Waals surface area contributed by atoms with E-state index in [1.807, 2.05) is 0 Å². The Hall–Kier alpha value is -2.41. The first kappa shape index (κ1) is 16.0. The quantitative estimate of drug-likeness (QED) is 0.517. The molecule has 7 heteroatoms. The topological polar surface area (TPSA) is 72.2 Å². The standard InChI is InChI=1S/C15H13FN2O3S/c1-10-6-7-11(18(20)21)8-13(10)17-15(19)9-22-14-5-3-2-4-12(14)16/h2-8H,9H2,1H3,(H,17,19). The molecule has 1 N–H and O–H groups in total. The van der Waals surface area contributed by atoms with Crippen LogP contribution in [0.3, 0.4) is 0 Å². The van der Waals surface area contributed by atoms with Crippen LogP contribution in [-0.2, 0) is 4.79 Å². The molecule has 0 bridgehead atoms. The fourth-order valence-corrected chi connectivity index (χ4v) is 2.49. The number of thioether (sulfide) groups is 1. The van der Waals surface area contributed by atoms with Gasteiger partial charge in [-0.2, -0.15) is 0 Å². The number of nitro groups is 1. The second-order valence-electron chi connectivity index (χ2n) is 4.52. The highest BCUT2D eigenvalue weighted by atomic mass is 32.2. The van der Waals surface area contributed by atoms with Crippen molar-refractivity contribution >= 4 is 29.0 Å². The Labute approximate surface area is 130 Å². The first-order chi connectivity index (χ1) is 10.5. The molecule has 0 aromatic heterocycles. The summed E-state index contributed by atoms with van der Waals surface area (Å²) in [6, 6.07) is 10.4. The Morgan fingerprint density at radius 3 is 2.73 bits per heavy atom. The smallest absolute Gasteiger partial charge is 0.271 e. The van der Waals surface area contributed by atoms with Crippen molar-refractivity contribution in [1.29, 1.82) is 0 Å². The molecule has 0 radical (unpaired) electrons. The van der Waals surface area contributed by atoms with Gasteiger partial charge in [0.2, 0.25) is 5.91 Å². The van der Waals surface area contributed by atoms with E-state index in [-0.39, 0.29) is 23.2 Å².